The van der Waals surface area contributed by atoms with E-state index in [9.17, 15) is 4.79 Å². The molecule has 1 atom stereocenters. The first-order chi connectivity index (χ1) is 16.2. The van der Waals surface area contributed by atoms with Gasteiger partial charge in [0, 0.05) is 50.2 Å². The van der Waals surface area contributed by atoms with E-state index in [2.05, 4.69) is 42.5 Å². The zero-order valence-electron chi connectivity index (χ0n) is 19.5. The van der Waals surface area contributed by atoms with Crippen molar-refractivity contribution in [1.29, 1.82) is 0 Å². The lowest BCUT2D eigenvalue weighted by Crippen LogP contribution is -2.38. The number of aryl methyl sites for hydroxylation is 1. The number of aromatic nitrogens is 2. The molecule has 1 aromatic heterocycles. The van der Waals surface area contributed by atoms with Crippen molar-refractivity contribution in [2.45, 2.75) is 39.0 Å². The summed E-state index contributed by atoms with van der Waals surface area (Å²) in [5.74, 6) is 1.64. The molecule has 2 saturated heterocycles. The molecule has 176 valence electrons. The Kier molecular flexibility index (Phi) is 6.62. The smallest absolute Gasteiger partial charge is 0.258 e. The molecule has 0 saturated carbocycles. The fraction of sp³-hybridized carbons (Fsp3) is 0.560. The summed E-state index contributed by atoms with van der Waals surface area (Å²) in [4.78, 5) is 27.3. The molecule has 1 unspecified atom stereocenters. The first kappa shape index (κ1) is 21.9. The molecule has 2 fully saturated rings. The summed E-state index contributed by atoms with van der Waals surface area (Å²) in [5.41, 5.74) is 3.72. The first-order valence-electron chi connectivity index (χ1n) is 12.3. The molecule has 3 aliphatic rings. The Bertz CT molecular complexity index is 991. The molecule has 4 heterocycles. The van der Waals surface area contributed by atoms with Gasteiger partial charge in [-0.1, -0.05) is 6.42 Å². The minimum atomic E-state index is -0.125. The summed E-state index contributed by atoms with van der Waals surface area (Å²) in [7, 11) is 0. The van der Waals surface area contributed by atoms with E-state index in [0.29, 0.717) is 23.2 Å². The van der Waals surface area contributed by atoms with E-state index in [0.717, 1.165) is 75.8 Å². The number of anilines is 4. The maximum atomic E-state index is 13.5. The van der Waals surface area contributed by atoms with Crippen LogP contribution < -0.4 is 20.4 Å². The number of nitrogens with zero attached hydrogens (tertiary/aromatic N) is 4. The number of morpholine rings is 1. The highest BCUT2D eigenvalue weighted by molar-refractivity contribution is 6.08. The van der Waals surface area contributed by atoms with E-state index in [-0.39, 0.29) is 5.91 Å². The van der Waals surface area contributed by atoms with Gasteiger partial charge >= 0.3 is 0 Å². The molecule has 2 N–H and O–H groups in total. The minimum Gasteiger partial charge on any atom is -0.378 e. The molecule has 5 rings (SSSR count). The Labute approximate surface area is 195 Å². The minimum absolute atomic E-state index is 0.125. The van der Waals surface area contributed by atoms with Crippen LogP contribution in [-0.2, 0) is 4.74 Å². The van der Waals surface area contributed by atoms with Crippen molar-refractivity contribution >= 4 is 29.0 Å². The summed E-state index contributed by atoms with van der Waals surface area (Å²) < 4.78 is 5.54. The second-order valence-corrected chi connectivity index (χ2v) is 9.35. The summed E-state index contributed by atoms with van der Waals surface area (Å²) in [5, 5.41) is 6.36. The number of ether oxygens (including phenoxy) is 1. The Morgan fingerprint density at radius 2 is 1.85 bits per heavy atom. The fourth-order valence-corrected chi connectivity index (χ4v) is 5.16. The molecule has 8 nitrogen and oxygen atoms in total. The Hall–Kier alpha value is -2.87. The summed E-state index contributed by atoms with van der Waals surface area (Å²) in [6.07, 6.45) is 5.91. The third-order valence-electron chi connectivity index (χ3n) is 6.88. The van der Waals surface area contributed by atoms with Crippen LogP contribution in [0, 0.1) is 12.8 Å². The highest BCUT2D eigenvalue weighted by Gasteiger charge is 2.25. The van der Waals surface area contributed by atoms with E-state index in [1.165, 1.54) is 19.3 Å². The van der Waals surface area contributed by atoms with Crippen LogP contribution in [-0.4, -0.2) is 61.8 Å². The van der Waals surface area contributed by atoms with Crippen molar-refractivity contribution in [2.75, 3.05) is 66.4 Å². The molecule has 4 bridgehead atoms. The van der Waals surface area contributed by atoms with Crippen LogP contribution in [0.5, 0.6) is 0 Å². The molecule has 2 aromatic rings. The number of amides is 1. The third-order valence-corrected chi connectivity index (χ3v) is 6.88. The lowest BCUT2D eigenvalue weighted by molar-refractivity contribution is 0.102. The topological polar surface area (TPSA) is 82.6 Å². The maximum absolute atomic E-state index is 13.5. The predicted octanol–water partition coefficient (Wildman–Crippen LogP) is 3.69. The maximum Gasteiger partial charge on any atom is 0.258 e. The van der Waals surface area contributed by atoms with Crippen molar-refractivity contribution in [3.05, 3.63) is 35.5 Å². The van der Waals surface area contributed by atoms with Gasteiger partial charge < -0.3 is 25.2 Å². The number of fused-ring (bicyclic) bond motifs is 6. The molecule has 0 radical (unpaired) electrons. The normalized spacial score (nSPS) is 21.8. The van der Waals surface area contributed by atoms with E-state index in [1.54, 1.807) is 0 Å². The van der Waals surface area contributed by atoms with Crippen molar-refractivity contribution in [3.8, 4) is 0 Å². The zero-order valence-corrected chi connectivity index (χ0v) is 19.5. The number of rotatable bonds is 1. The van der Waals surface area contributed by atoms with Crippen LogP contribution in [0.15, 0.2) is 24.3 Å². The number of carbonyl (C=O) groups is 1. The standard InChI is InChI=1S/C25H34N6O2/c1-18-15-23-28-24(32)21-8-7-20(30-11-13-33-14-12-30)16-22(21)31-10-4-6-19(17-31)5-2-3-9-26-25(27-18)29-23/h7-8,15-16,19H,2-6,9-14,17H2,1H3,(H2,26,27,28,29,32). The lowest BCUT2D eigenvalue weighted by Gasteiger charge is -2.37. The van der Waals surface area contributed by atoms with Crippen molar-refractivity contribution in [3.63, 3.8) is 0 Å². The van der Waals surface area contributed by atoms with Crippen molar-refractivity contribution in [1.82, 2.24) is 9.97 Å². The van der Waals surface area contributed by atoms with E-state index in [4.69, 9.17) is 4.74 Å². The highest BCUT2D eigenvalue weighted by Crippen LogP contribution is 2.33. The number of hydrogen-bond acceptors (Lipinski definition) is 7. The molecule has 1 amide bonds. The van der Waals surface area contributed by atoms with Gasteiger partial charge in [-0.15, -0.1) is 0 Å². The highest BCUT2D eigenvalue weighted by atomic mass is 16.5. The lowest BCUT2D eigenvalue weighted by atomic mass is 9.92. The van der Waals surface area contributed by atoms with Crippen LogP contribution in [0.4, 0.5) is 23.1 Å². The molecule has 0 spiro atoms. The number of nitrogens with one attached hydrogen (secondary N) is 2. The quantitative estimate of drug-likeness (QED) is 0.686. The number of piperidine rings is 1. The number of hydrogen-bond donors (Lipinski definition) is 2. The van der Waals surface area contributed by atoms with Crippen LogP contribution >= 0.6 is 0 Å². The van der Waals surface area contributed by atoms with Gasteiger partial charge in [0.15, 0.2) is 0 Å². The Morgan fingerprint density at radius 1 is 1.00 bits per heavy atom. The van der Waals surface area contributed by atoms with Gasteiger partial charge in [0.1, 0.15) is 5.82 Å². The second kappa shape index (κ2) is 9.95. The molecule has 33 heavy (non-hydrogen) atoms. The summed E-state index contributed by atoms with van der Waals surface area (Å²) in [6, 6.07) is 8.07. The largest absolute Gasteiger partial charge is 0.378 e. The summed E-state index contributed by atoms with van der Waals surface area (Å²) >= 11 is 0. The van der Waals surface area contributed by atoms with E-state index in [1.807, 2.05) is 19.1 Å². The second-order valence-electron chi connectivity index (χ2n) is 9.35. The van der Waals surface area contributed by atoms with Gasteiger partial charge in [-0.25, -0.2) is 4.98 Å². The summed E-state index contributed by atoms with van der Waals surface area (Å²) in [6.45, 7) is 8.01. The third kappa shape index (κ3) is 5.21. The Balaban J connectivity index is 1.51. The van der Waals surface area contributed by atoms with Crippen LogP contribution in [0.25, 0.3) is 0 Å². The number of benzene rings is 1. The average molecular weight is 451 g/mol. The molecule has 8 heteroatoms. The monoisotopic (exact) mass is 450 g/mol. The molecule has 1 aromatic carbocycles. The van der Waals surface area contributed by atoms with Gasteiger partial charge in [-0.3, -0.25) is 4.79 Å². The Morgan fingerprint density at radius 3 is 2.73 bits per heavy atom. The van der Waals surface area contributed by atoms with Crippen molar-refractivity contribution < 1.29 is 9.53 Å². The molecule has 0 aliphatic carbocycles. The average Bonchev–Trinajstić information content (AvgIpc) is 2.83. The fourth-order valence-electron chi connectivity index (χ4n) is 5.16. The van der Waals surface area contributed by atoms with Gasteiger partial charge in [0.05, 0.1) is 24.5 Å². The van der Waals surface area contributed by atoms with Gasteiger partial charge in [0.2, 0.25) is 5.95 Å². The molecular formula is C25H34N6O2. The van der Waals surface area contributed by atoms with Crippen LogP contribution in [0.3, 0.4) is 0 Å². The van der Waals surface area contributed by atoms with Gasteiger partial charge in [0.25, 0.3) is 5.91 Å². The SMILES string of the molecule is Cc1cc2nc(n1)NCCCCC1CCCN(C1)c1cc(N3CCOCC3)ccc1C(=O)N2. The zero-order chi connectivity index (χ0) is 22.6. The number of carbonyl (C=O) groups excluding carboxylic acids is 1. The first-order valence-corrected chi connectivity index (χ1v) is 12.3. The van der Waals surface area contributed by atoms with Gasteiger partial charge in [-0.05, 0) is 56.7 Å². The molecule has 3 aliphatic heterocycles. The predicted molar refractivity (Wildman–Crippen MR) is 131 cm³/mol. The van der Waals surface area contributed by atoms with Crippen LogP contribution in [0.1, 0.15) is 48.2 Å². The van der Waals surface area contributed by atoms with E-state index < -0.39 is 0 Å². The van der Waals surface area contributed by atoms with Crippen molar-refractivity contribution in [2.24, 2.45) is 5.92 Å². The van der Waals surface area contributed by atoms with E-state index >= 15 is 0 Å². The van der Waals surface area contributed by atoms with Gasteiger partial charge in [-0.2, -0.15) is 4.98 Å². The van der Waals surface area contributed by atoms with Crippen LogP contribution in [0.2, 0.25) is 0 Å². The molecular weight excluding hydrogens is 416 g/mol.